The van der Waals surface area contributed by atoms with Gasteiger partial charge in [0.2, 0.25) is 0 Å². The molecule has 0 saturated carbocycles. The number of benzene rings is 1. The fourth-order valence-electron chi connectivity index (χ4n) is 1.70. The molecule has 1 rings (SSSR count). The Morgan fingerprint density at radius 2 is 1.95 bits per heavy atom. The van der Waals surface area contributed by atoms with E-state index in [0.29, 0.717) is 6.07 Å². The number of nitrogens with zero attached hydrogens (tertiary/aromatic N) is 1. The van der Waals surface area contributed by atoms with Crippen LogP contribution in [0.4, 0.5) is 14.5 Å². The van der Waals surface area contributed by atoms with E-state index in [4.69, 9.17) is 5.73 Å². The first-order valence-corrected chi connectivity index (χ1v) is 5.85. The van der Waals surface area contributed by atoms with Gasteiger partial charge in [0, 0.05) is 19.7 Å². The van der Waals surface area contributed by atoms with Crippen LogP contribution in [0.1, 0.15) is 17.3 Å². The number of hydrogen-bond donors (Lipinski definition) is 1. The minimum absolute atomic E-state index is 0.0439. The van der Waals surface area contributed by atoms with Crippen molar-refractivity contribution in [2.45, 2.75) is 6.92 Å². The molecule has 0 aliphatic heterocycles. The molecular formula is C13H16F2N2O3. The number of halogens is 2. The molecule has 1 unspecified atom stereocenters. The molecule has 0 aliphatic rings. The van der Waals surface area contributed by atoms with Gasteiger partial charge in [-0.15, -0.1) is 0 Å². The van der Waals surface area contributed by atoms with E-state index in [-0.39, 0.29) is 17.8 Å². The zero-order valence-corrected chi connectivity index (χ0v) is 11.4. The molecule has 20 heavy (non-hydrogen) atoms. The van der Waals surface area contributed by atoms with Crippen LogP contribution < -0.4 is 5.73 Å². The number of methoxy groups -OCH3 is 1. The van der Waals surface area contributed by atoms with Crippen molar-refractivity contribution >= 4 is 17.6 Å². The van der Waals surface area contributed by atoms with Crippen LogP contribution >= 0.6 is 0 Å². The van der Waals surface area contributed by atoms with E-state index >= 15 is 0 Å². The minimum atomic E-state index is -1.00. The summed E-state index contributed by atoms with van der Waals surface area (Å²) in [5.74, 6) is -3.66. The largest absolute Gasteiger partial charge is 0.469 e. The average Bonchev–Trinajstić information content (AvgIpc) is 2.40. The van der Waals surface area contributed by atoms with Gasteiger partial charge in [-0.05, 0) is 6.07 Å². The van der Waals surface area contributed by atoms with Gasteiger partial charge in [0.25, 0.3) is 5.91 Å². The highest BCUT2D eigenvalue weighted by atomic mass is 19.1. The molecule has 110 valence electrons. The van der Waals surface area contributed by atoms with Gasteiger partial charge in [-0.1, -0.05) is 6.92 Å². The number of nitrogens with two attached hydrogens (primary N) is 1. The summed E-state index contributed by atoms with van der Waals surface area (Å²) in [7, 11) is 2.64. The predicted molar refractivity (Wildman–Crippen MR) is 68.9 cm³/mol. The van der Waals surface area contributed by atoms with Crippen molar-refractivity contribution in [3.63, 3.8) is 0 Å². The second-order valence-corrected chi connectivity index (χ2v) is 4.46. The fraction of sp³-hybridized carbons (Fsp3) is 0.385. The number of amides is 1. The molecule has 1 atom stereocenters. The molecule has 1 aromatic rings. The van der Waals surface area contributed by atoms with Gasteiger partial charge >= 0.3 is 5.97 Å². The van der Waals surface area contributed by atoms with Gasteiger partial charge in [-0.3, -0.25) is 9.59 Å². The summed E-state index contributed by atoms with van der Waals surface area (Å²) < 4.78 is 31.1. The Hall–Kier alpha value is -2.18. The van der Waals surface area contributed by atoms with E-state index in [0.717, 1.165) is 11.0 Å². The van der Waals surface area contributed by atoms with Crippen LogP contribution in [0.15, 0.2) is 12.1 Å². The van der Waals surface area contributed by atoms with Gasteiger partial charge in [0.15, 0.2) is 0 Å². The Labute approximate surface area is 115 Å². The van der Waals surface area contributed by atoms with E-state index in [9.17, 15) is 18.4 Å². The van der Waals surface area contributed by atoms with Crippen molar-refractivity contribution in [1.82, 2.24) is 4.90 Å². The third-order valence-electron chi connectivity index (χ3n) is 2.81. The van der Waals surface area contributed by atoms with E-state index in [1.54, 1.807) is 6.92 Å². The summed E-state index contributed by atoms with van der Waals surface area (Å²) >= 11 is 0. The lowest BCUT2D eigenvalue weighted by atomic mass is 10.1. The van der Waals surface area contributed by atoms with Gasteiger partial charge in [-0.2, -0.15) is 0 Å². The molecule has 7 heteroatoms. The van der Waals surface area contributed by atoms with E-state index in [1.165, 1.54) is 14.2 Å². The molecule has 5 nitrogen and oxygen atoms in total. The molecule has 0 radical (unpaired) electrons. The average molecular weight is 286 g/mol. The molecule has 0 fully saturated rings. The van der Waals surface area contributed by atoms with Crippen molar-refractivity contribution in [3.8, 4) is 0 Å². The Bertz CT molecular complexity index is 535. The number of esters is 1. The van der Waals surface area contributed by atoms with Crippen molar-refractivity contribution in [2.75, 3.05) is 26.4 Å². The summed E-state index contributed by atoms with van der Waals surface area (Å²) in [5, 5.41) is 0. The highest BCUT2D eigenvalue weighted by molar-refractivity contribution is 5.95. The molecule has 0 aliphatic carbocycles. The molecule has 0 bridgehead atoms. The van der Waals surface area contributed by atoms with Crippen LogP contribution in [0, 0.1) is 17.6 Å². The zero-order chi connectivity index (χ0) is 15.4. The number of rotatable bonds is 4. The number of nitrogen functional groups attached to an aromatic ring is 1. The van der Waals surface area contributed by atoms with Crippen molar-refractivity contribution < 1.29 is 23.1 Å². The molecule has 0 aromatic heterocycles. The maximum Gasteiger partial charge on any atom is 0.310 e. The van der Waals surface area contributed by atoms with Gasteiger partial charge in [0.1, 0.15) is 11.6 Å². The van der Waals surface area contributed by atoms with Crippen LogP contribution in [-0.2, 0) is 9.53 Å². The van der Waals surface area contributed by atoms with Crippen LogP contribution in [-0.4, -0.2) is 37.5 Å². The van der Waals surface area contributed by atoms with Gasteiger partial charge in [0.05, 0.1) is 24.3 Å². The molecule has 1 amide bonds. The number of carbonyl (C=O) groups is 2. The Balaban J connectivity index is 2.90. The summed E-state index contributed by atoms with van der Waals surface area (Å²) in [6.45, 7) is 1.62. The molecular weight excluding hydrogens is 270 g/mol. The number of hydrogen-bond acceptors (Lipinski definition) is 4. The zero-order valence-electron chi connectivity index (χ0n) is 11.4. The fourth-order valence-corrected chi connectivity index (χ4v) is 1.70. The van der Waals surface area contributed by atoms with Gasteiger partial charge < -0.3 is 15.4 Å². The smallest absolute Gasteiger partial charge is 0.310 e. The van der Waals surface area contributed by atoms with Crippen LogP contribution in [0.3, 0.4) is 0 Å². The first kappa shape index (κ1) is 15.9. The number of ether oxygens (including phenoxy) is 1. The third kappa shape index (κ3) is 3.43. The molecule has 0 saturated heterocycles. The first-order valence-electron chi connectivity index (χ1n) is 5.85. The first-order chi connectivity index (χ1) is 9.27. The van der Waals surface area contributed by atoms with E-state index in [1.807, 2.05) is 0 Å². The Morgan fingerprint density at radius 1 is 1.35 bits per heavy atom. The van der Waals surface area contributed by atoms with Crippen molar-refractivity contribution in [2.24, 2.45) is 5.92 Å². The monoisotopic (exact) mass is 286 g/mol. The lowest BCUT2D eigenvalue weighted by Crippen LogP contribution is -2.34. The lowest BCUT2D eigenvalue weighted by Gasteiger charge is -2.20. The predicted octanol–water partition coefficient (Wildman–Crippen LogP) is 1.43. The summed E-state index contributed by atoms with van der Waals surface area (Å²) in [4.78, 5) is 24.4. The molecule has 2 N–H and O–H groups in total. The highest BCUT2D eigenvalue weighted by Crippen LogP contribution is 2.18. The number of anilines is 1. The standard InChI is InChI=1S/C13H16F2N2O3/c1-7(13(19)20-3)6-17(2)12(18)8-4-11(16)10(15)5-9(8)14/h4-5,7H,6,16H2,1-3H3. The summed E-state index contributed by atoms with van der Waals surface area (Å²) in [6.07, 6.45) is 0. The van der Waals surface area contributed by atoms with Crippen molar-refractivity contribution in [1.29, 1.82) is 0 Å². The van der Waals surface area contributed by atoms with Crippen LogP contribution in [0.5, 0.6) is 0 Å². The van der Waals surface area contributed by atoms with Gasteiger partial charge in [-0.25, -0.2) is 8.78 Å². The second kappa shape index (κ2) is 6.31. The quantitative estimate of drug-likeness (QED) is 0.671. The number of carbonyl (C=O) groups excluding carboxylic acids is 2. The van der Waals surface area contributed by atoms with Crippen LogP contribution in [0.2, 0.25) is 0 Å². The SMILES string of the molecule is COC(=O)C(C)CN(C)C(=O)c1cc(N)c(F)cc1F. The van der Waals surface area contributed by atoms with Crippen molar-refractivity contribution in [3.05, 3.63) is 29.3 Å². The Kier molecular flexibility index (Phi) is 5.01. The molecule has 1 aromatic carbocycles. The molecule has 0 spiro atoms. The Morgan fingerprint density at radius 3 is 2.50 bits per heavy atom. The lowest BCUT2D eigenvalue weighted by molar-refractivity contribution is -0.145. The molecule has 0 heterocycles. The maximum absolute atomic E-state index is 13.6. The summed E-state index contributed by atoms with van der Waals surface area (Å²) in [5.41, 5.74) is 4.65. The topological polar surface area (TPSA) is 72.6 Å². The summed E-state index contributed by atoms with van der Waals surface area (Å²) in [6, 6.07) is 1.49. The van der Waals surface area contributed by atoms with E-state index in [2.05, 4.69) is 4.74 Å². The minimum Gasteiger partial charge on any atom is -0.469 e. The normalized spacial score (nSPS) is 11.8. The highest BCUT2D eigenvalue weighted by Gasteiger charge is 2.22. The second-order valence-electron chi connectivity index (χ2n) is 4.46. The third-order valence-corrected chi connectivity index (χ3v) is 2.81. The van der Waals surface area contributed by atoms with E-state index < -0.39 is 29.4 Å². The van der Waals surface area contributed by atoms with Crippen LogP contribution in [0.25, 0.3) is 0 Å². The maximum atomic E-state index is 13.6.